The zero-order chi connectivity index (χ0) is 28.6. The van der Waals surface area contributed by atoms with Crippen molar-refractivity contribution >= 4 is 35.0 Å². The Balaban J connectivity index is 1.04. The number of carbonyl (C=O) groups excluding carboxylic acids is 1. The number of piperazine rings is 1. The van der Waals surface area contributed by atoms with Crippen LogP contribution in [0.5, 0.6) is 0 Å². The highest BCUT2D eigenvalue weighted by Crippen LogP contribution is 2.26. The van der Waals surface area contributed by atoms with Gasteiger partial charge in [-0.05, 0) is 105 Å². The van der Waals surface area contributed by atoms with Crippen molar-refractivity contribution in [2.24, 2.45) is 17.6 Å². The van der Waals surface area contributed by atoms with Crippen LogP contribution in [0, 0.1) is 11.8 Å². The zero-order valence-electron chi connectivity index (χ0n) is 24.5. The lowest BCUT2D eigenvalue weighted by molar-refractivity contribution is -0.136. The predicted molar refractivity (Wildman–Crippen MR) is 172 cm³/mol. The van der Waals surface area contributed by atoms with Gasteiger partial charge in [0, 0.05) is 61.4 Å². The molecule has 9 heteroatoms. The number of piperidine rings is 1. The Labute approximate surface area is 255 Å². The first-order valence-electron chi connectivity index (χ1n) is 15.3. The molecule has 2 atom stereocenters. The maximum atomic E-state index is 13.3. The van der Waals surface area contributed by atoms with Crippen LogP contribution in [0.4, 0.5) is 5.69 Å². The van der Waals surface area contributed by atoms with Gasteiger partial charge in [0.2, 0.25) is 5.91 Å². The quantitative estimate of drug-likeness (QED) is 0.338. The Kier molecular flexibility index (Phi) is 11.3. The van der Waals surface area contributed by atoms with Crippen LogP contribution in [0.3, 0.4) is 0 Å². The summed E-state index contributed by atoms with van der Waals surface area (Å²) in [5, 5.41) is 7.92. The number of hydrogen-bond donors (Lipinski definition) is 3. The lowest BCUT2D eigenvalue weighted by Gasteiger charge is -2.39. The summed E-state index contributed by atoms with van der Waals surface area (Å²) in [6.45, 7) is 10.5. The average Bonchev–Trinajstić information content (AvgIpc) is 3.53. The summed E-state index contributed by atoms with van der Waals surface area (Å²) in [6, 6.07) is 14.4. The van der Waals surface area contributed by atoms with Crippen molar-refractivity contribution in [3.05, 3.63) is 58.6 Å². The van der Waals surface area contributed by atoms with E-state index < -0.39 is 6.04 Å². The third kappa shape index (κ3) is 8.39. The molecule has 0 spiro atoms. The molecule has 0 aliphatic carbocycles. The molecule has 0 bridgehead atoms. The van der Waals surface area contributed by atoms with Crippen molar-refractivity contribution in [1.29, 1.82) is 0 Å². The number of amides is 1. The highest BCUT2D eigenvalue weighted by molar-refractivity contribution is 7.98. The lowest BCUT2D eigenvalue weighted by atomic mass is 9.88. The number of rotatable bonds is 11. The highest BCUT2D eigenvalue weighted by Gasteiger charge is 2.32. The molecule has 3 heterocycles. The van der Waals surface area contributed by atoms with Gasteiger partial charge in [-0.3, -0.25) is 9.69 Å². The number of nitrogens with zero attached hydrogens (tertiary/aromatic N) is 3. The van der Waals surface area contributed by atoms with Crippen LogP contribution < -0.4 is 16.4 Å². The molecule has 0 radical (unpaired) electrons. The first-order valence-corrected chi connectivity index (χ1v) is 16.9. The molecule has 7 nitrogen and oxygen atoms in total. The van der Waals surface area contributed by atoms with Crippen molar-refractivity contribution in [3.8, 4) is 0 Å². The third-order valence-electron chi connectivity index (χ3n) is 9.20. The molecule has 2 aromatic rings. The predicted octanol–water partition coefficient (Wildman–Crippen LogP) is 4.01. The summed E-state index contributed by atoms with van der Waals surface area (Å²) in [4.78, 5) is 21.6. The second kappa shape index (κ2) is 15.1. The molecule has 3 aliphatic heterocycles. The van der Waals surface area contributed by atoms with Gasteiger partial charge in [-0.15, -0.1) is 11.8 Å². The van der Waals surface area contributed by atoms with E-state index in [4.69, 9.17) is 17.3 Å². The number of carbonyl (C=O) groups is 1. The van der Waals surface area contributed by atoms with Crippen molar-refractivity contribution in [2.45, 2.75) is 43.2 Å². The number of benzene rings is 2. The highest BCUT2D eigenvalue weighted by atomic mass is 35.5. The van der Waals surface area contributed by atoms with Crippen molar-refractivity contribution in [2.75, 3.05) is 77.0 Å². The molecule has 0 unspecified atom stereocenters. The van der Waals surface area contributed by atoms with Gasteiger partial charge in [0.25, 0.3) is 0 Å². The molecule has 5 rings (SSSR count). The van der Waals surface area contributed by atoms with E-state index in [1.807, 2.05) is 11.0 Å². The van der Waals surface area contributed by atoms with E-state index in [0.717, 1.165) is 96.3 Å². The largest absolute Gasteiger partial charge is 0.384 e. The standard InChI is InChI=1S/C32H47ClN6OS/c1-41-30-5-3-2-4-27(30)23-38-16-18-39(19-17-38)32(40)31(34)25-9-13-37(14-10-25)15-11-26-20-28(33)6-7-29(26)36-22-24-8-12-35-21-24/h2-7,20,24-25,31,35-36H,8-19,21-23,34H2,1H3/t24-,31+/m0/s1. The second-order valence-corrected chi connectivity index (χ2v) is 13.2. The first kappa shape index (κ1) is 30.6. The number of halogens is 1. The van der Waals surface area contributed by atoms with Crippen LogP contribution in [0.25, 0.3) is 0 Å². The van der Waals surface area contributed by atoms with Crippen LogP contribution in [-0.4, -0.2) is 98.4 Å². The topological polar surface area (TPSA) is 76.9 Å². The number of nitrogens with two attached hydrogens (primary N) is 1. The monoisotopic (exact) mass is 598 g/mol. The minimum atomic E-state index is -0.394. The van der Waals surface area contributed by atoms with E-state index in [-0.39, 0.29) is 11.8 Å². The number of hydrogen-bond acceptors (Lipinski definition) is 7. The molecule has 4 N–H and O–H groups in total. The van der Waals surface area contributed by atoms with E-state index >= 15 is 0 Å². The summed E-state index contributed by atoms with van der Waals surface area (Å²) < 4.78 is 0. The minimum Gasteiger partial charge on any atom is -0.384 e. The first-order chi connectivity index (χ1) is 20.0. The molecule has 3 fully saturated rings. The van der Waals surface area contributed by atoms with Gasteiger partial charge in [0.05, 0.1) is 6.04 Å². The summed E-state index contributed by atoms with van der Waals surface area (Å²) in [5.41, 5.74) is 10.5. The Morgan fingerprint density at radius 1 is 1.05 bits per heavy atom. The molecular weight excluding hydrogens is 552 g/mol. The Bertz CT molecular complexity index is 1130. The molecule has 41 heavy (non-hydrogen) atoms. The van der Waals surface area contributed by atoms with Gasteiger partial charge in [0.15, 0.2) is 0 Å². The van der Waals surface area contributed by atoms with E-state index in [9.17, 15) is 4.79 Å². The summed E-state index contributed by atoms with van der Waals surface area (Å²) in [5.74, 6) is 1.09. The van der Waals surface area contributed by atoms with E-state index in [1.165, 1.54) is 28.1 Å². The van der Waals surface area contributed by atoms with E-state index in [0.29, 0.717) is 5.92 Å². The van der Waals surface area contributed by atoms with Crippen LogP contribution in [-0.2, 0) is 17.8 Å². The average molecular weight is 599 g/mol. The Hall–Kier alpha value is -1.81. The third-order valence-corrected chi connectivity index (χ3v) is 10.3. The smallest absolute Gasteiger partial charge is 0.239 e. The Morgan fingerprint density at radius 2 is 1.83 bits per heavy atom. The summed E-state index contributed by atoms with van der Waals surface area (Å²) in [6.07, 6.45) is 6.29. The molecule has 224 valence electrons. The van der Waals surface area contributed by atoms with Crippen molar-refractivity contribution in [3.63, 3.8) is 0 Å². The molecule has 3 aliphatic rings. The van der Waals surface area contributed by atoms with Crippen LogP contribution in [0.2, 0.25) is 5.02 Å². The summed E-state index contributed by atoms with van der Waals surface area (Å²) in [7, 11) is 0. The lowest BCUT2D eigenvalue weighted by Crippen LogP contribution is -2.55. The SMILES string of the molecule is CSc1ccccc1CN1CCN(C(=O)[C@H](N)C2CCN(CCc3cc(Cl)ccc3NC[C@H]3CCNC3)CC2)CC1. The molecule has 3 saturated heterocycles. The van der Waals surface area contributed by atoms with E-state index in [1.54, 1.807) is 11.8 Å². The van der Waals surface area contributed by atoms with Crippen molar-refractivity contribution < 1.29 is 4.79 Å². The molecule has 0 saturated carbocycles. The zero-order valence-corrected chi connectivity index (χ0v) is 26.1. The number of anilines is 1. The second-order valence-electron chi connectivity index (χ2n) is 11.9. The van der Waals surface area contributed by atoms with Gasteiger partial charge < -0.3 is 26.2 Å². The molecule has 0 aromatic heterocycles. The normalized spacial score (nSPS) is 21.7. The van der Waals surface area contributed by atoms with E-state index in [2.05, 4.69) is 63.1 Å². The maximum absolute atomic E-state index is 13.3. The fourth-order valence-electron chi connectivity index (χ4n) is 6.51. The van der Waals surface area contributed by atoms with Gasteiger partial charge in [0.1, 0.15) is 0 Å². The van der Waals surface area contributed by atoms with Gasteiger partial charge in [-0.1, -0.05) is 29.8 Å². The molecular formula is C32H47ClN6OS. The van der Waals surface area contributed by atoms with Gasteiger partial charge in [-0.25, -0.2) is 0 Å². The Morgan fingerprint density at radius 3 is 2.56 bits per heavy atom. The van der Waals surface area contributed by atoms with Gasteiger partial charge >= 0.3 is 0 Å². The van der Waals surface area contributed by atoms with Crippen LogP contribution in [0.15, 0.2) is 47.4 Å². The molecule has 1 amide bonds. The van der Waals surface area contributed by atoms with Gasteiger partial charge in [-0.2, -0.15) is 0 Å². The fourth-order valence-corrected chi connectivity index (χ4v) is 7.32. The van der Waals surface area contributed by atoms with Crippen LogP contribution in [0.1, 0.15) is 30.4 Å². The van der Waals surface area contributed by atoms with Crippen LogP contribution >= 0.6 is 23.4 Å². The number of thioether (sulfide) groups is 1. The summed E-state index contributed by atoms with van der Waals surface area (Å²) >= 11 is 8.16. The minimum absolute atomic E-state index is 0.139. The molecule has 2 aromatic carbocycles. The number of likely N-dealkylation sites (tertiary alicyclic amines) is 1. The fraction of sp³-hybridized carbons (Fsp3) is 0.594. The number of nitrogens with one attached hydrogen (secondary N) is 2. The van der Waals surface area contributed by atoms with Crippen molar-refractivity contribution in [1.82, 2.24) is 20.0 Å². The maximum Gasteiger partial charge on any atom is 0.239 e.